The minimum absolute atomic E-state index is 0.199. The summed E-state index contributed by atoms with van der Waals surface area (Å²) in [4.78, 5) is 16.0. The Bertz CT molecular complexity index is 1100. The zero-order chi connectivity index (χ0) is 25.8. The van der Waals surface area contributed by atoms with Crippen LogP contribution in [0.3, 0.4) is 0 Å². The summed E-state index contributed by atoms with van der Waals surface area (Å²) in [6, 6.07) is 4.07. The fraction of sp³-hybridized carbons (Fsp3) is 0.619. The first-order valence-electron chi connectivity index (χ1n) is 11.2. The van der Waals surface area contributed by atoms with Gasteiger partial charge in [0.1, 0.15) is 48.9 Å². The maximum atomic E-state index is 12.4. The maximum absolute atomic E-state index is 12.4. The summed E-state index contributed by atoms with van der Waals surface area (Å²) in [5, 5.41) is 37.6. The molecule has 0 aromatic carbocycles. The van der Waals surface area contributed by atoms with Crippen molar-refractivity contribution in [1.29, 1.82) is 5.26 Å². The van der Waals surface area contributed by atoms with Gasteiger partial charge in [-0.25, -0.2) is 9.50 Å². The molecule has 1 fully saturated rings. The number of carbonyl (C=O) groups excluding carboxylic acids is 1. The molecule has 1 aliphatic rings. The molecule has 1 unspecified atom stereocenters. The maximum Gasteiger partial charge on any atom is 0.613 e. The molecule has 2 aromatic heterocycles. The average molecular weight is 509 g/mol. The SMILES string of the molecule is CCC(CC)COC(=O)[C@H](C)N[P+](=O)OC[C@@]1(C#N)O[C@@H](c2ccc3c(N)ncnn23)[C@H](O)[C@@H]1O. The zero-order valence-electron chi connectivity index (χ0n) is 19.7. The molecule has 1 saturated heterocycles. The third-order valence-electron chi connectivity index (χ3n) is 6.11. The van der Waals surface area contributed by atoms with Gasteiger partial charge in [-0.1, -0.05) is 31.8 Å². The van der Waals surface area contributed by atoms with Crippen molar-refractivity contribution in [3.63, 3.8) is 0 Å². The number of nitrogen functional groups attached to an aromatic ring is 1. The highest BCUT2D eigenvalue weighted by atomic mass is 31.1. The van der Waals surface area contributed by atoms with Crippen molar-refractivity contribution >= 4 is 25.5 Å². The molecule has 0 spiro atoms. The Balaban J connectivity index is 1.63. The smallest absolute Gasteiger partial charge is 0.464 e. The van der Waals surface area contributed by atoms with E-state index in [0.29, 0.717) is 11.2 Å². The van der Waals surface area contributed by atoms with E-state index < -0.39 is 50.7 Å². The topological polar surface area (TPSA) is 194 Å². The highest BCUT2D eigenvalue weighted by Crippen LogP contribution is 2.41. The van der Waals surface area contributed by atoms with Crippen molar-refractivity contribution in [2.24, 2.45) is 5.92 Å². The standard InChI is InChI=1S/C21H30N6O7P/c1-4-13(5-2)8-32-20(30)12(3)26-35(31)33-10-21(9-22)18(29)16(28)17(34-21)14-6-7-15-19(23)24-11-25-27(14)15/h6-7,11-13,16-18,28-29H,4-5,8,10H2,1-3H3,(H,26,31)(H2,23,24,25)/q+1/t12-,16-,17-,18-,21+/m0/s1. The summed E-state index contributed by atoms with van der Waals surface area (Å²) in [6.45, 7) is 5.09. The second-order valence-electron chi connectivity index (χ2n) is 8.37. The van der Waals surface area contributed by atoms with Gasteiger partial charge in [0.15, 0.2) is 5.82 Å². The lowest BCUT2D eigenvalue weighted by Gasteiger charge is -2.21. The van der Waals surface area contributed by atoms with E-state index in [2.05, 4.69) is 15.2 Å². The monoisotopic (exact) mass is 509 g/mol. The van der Waals surface area contributed by atoms with Crippen molar-refractivity contribution in [2.75, 3.05) is 18.9 Å². The van der Waals surface area contributed by atoms with Crippen LogP contribution >= 0.6 is 8.18 Å². The van der Waals surface area contributed by atoms with Crippen LogP contribution in [0.2, 0.25) is 0 Å². The minimum Gasteiger partial charge on any atom is -0.464 e. The lowest BCUT2D eigenvalue weighted by atomic mass is 9.96. The van der Waals surface area contributed by atoms with Crippen LogP contribution in [-0.2, 0) is 23.4 Å². The van der Waals surface area contributed by atoms with E-state index >= 15 is 0 Å². The van der Waals surface area contributed by atoms with Gasteiger partial charge in [-0.3, -0.25) is 4.79 Å². The van der Waals surface area contributed by atoms with Crippen molar-refractivity contribution in [3.8, 4) is 6.07 Å². The highest BCUT2D eigenvalue weighted by Gasteiger charge is 2.57. The van der Waals surface area contributed by atoms with Gasteiger partial charge in [0.2, 0.25) is 5.60 Å². The Kier molecular flexibility index (Phi) is 8.71. The van der Waals surface area contributed by atoms with Crippen molar-refractivity contribution < 1.29 is 33.6 Å². The molecule has 3 heterocycles. The van der Waals surface area contributed by atoms with E-state index in [1.54, 1.807) is 12.1 Å². The van der Waals surface area contributed by atoms with Crippen LogP contribution in [-0.4, -0.2) is 67.8 Å². The Hall–Kier alpha value is -2.72. The predicted molar refractivity (Wildman–Crippen MR) is 123 cm³/mol. The average Bonchev–Trinajstić information content (AvgIpc) is 3.39. The molecule has 190 valence electrons. The lowest BCUT2D eigenvalue weighted by Crippen LogP contribution is -2.45. The van der Waals surface area contributed by atoms with Gasteiger partial charge in [-0.05, 0) is 29.5 Å². The fourth-order valence-corrected chi connectivity index (χ4v) is 4.53. The number of anilines is 1. The number of fused-ring (bicyclic) bond motifs is 1. The number of rotatable bonds is 11. The number of aliphatic hydroxyl groups is 2. The molecule has 6 atom stereocenters. The second-order valence-corrected chi connectivity index (χ2v) is 9.40. The third-order valence-corrected chi connectivity index (χ3v) is 7.07. The van der Waals surface area contributed by atoms with Crippen molar-refractivity contribution in [2.45, 2.75) is 63.6 Å². The van der Waals surface area contributed by atoms with E-state index in [1.165, 1.54) is 17.8 Å². The molecule has 35 heavy (non-hydrogen) atoms. The summed E-state index contributed by atoms with van der Waals surface area (Å²) in [5.41, 5.74) is 4.58. The molecule has 0 bridgehead atoms. The van der Waals surface area contributed by atoms with Crippen LogP contribution in [0.25, 0.3) is 5.52 Å². The van der Waals surface area contributed by atoms with Crippen LogP contribution in [0.15, 0.2) is 18.5 Å². The minimum atomic E-state index is -2.63. The molecule has 5 N–H and O–H groups in total. The first-order chi connectivity index (χ1) is 16.7. The number of esters is 1. The predicted octanol–water partition coefficient (Wildman–Crippen LogP) is 0.998. The number of carbonyl (C=O) groups is 1. The molecular formula is C21H30N6O7P+. The Morgan fingerprint density at radius 1 is 1.43 bits per heavy atom. The van der Waals surface area contributed by atoms with Gasteiger partial charge >= 0.3 is 14.1 Å². The number of nitriles is 1. The van der Waals surface area contributed by atoms with Gasteiger partial charge in [-0.15, -0.1) is 4.52 Å². The molecule has 3 rings (SSSR count). The largest absolute Gasteiger partial charge is 0.613 e. The molecule has 0 aliphatic carbocycles. The molecule has 0 radical (unpaired) electrons. The summed E-state index contributed by atoms with van der Waals surface area (Å²) in [6.07, 6.45) is -1.40. The quantitative estimate of drug-likeness (QED) is 0.248. The van der Waals surface area contributed by atoms with Crippen molar-refractivity contribution in [3.05, 3.63) is 24.2 Å². The van der Waals surface area contributed by atoms with Crippen LogP contribution in [0, 0.1) is 17.2 Å². The molecule has 13 nitrogen and oxygen atoms in total. The van der Waals surface area contributed by atoms with E-state index in [9.17, 15) is 24.8 Å². The number of hydrogen-bond acceptors (Lipinski definition) is 11. The van der Waals surface area contributed by atoms with Crippen LogP contribution in [0.5, 0.6) is 0 Å². The van der Waals surface area contributed by atoms with Crippen LogP contribution < -0.4 is 10.8 Å². The number of nitrogens with one attached hydrogen (secondary N) is 1. The van der Waals surface area contributed by atoms with Crippen LogP contribution in [0.4, 0.5) is 5.82 Å². The number of ether oxygens (including phenoxy) is 2. The van der Waals surface area contributed by atoms with Crippen molar-refractivity contribution in [1.82, 2.24) is 19.7 Å². The van der Waals surface area contributed by atoms with E-state index in [-0.39, 0.29) is 18.3 Å². The van der Waals surface area contributed by atoms with E-state index in [0.717, 1.165) is 12.8 Å². The van der Waals surface area contributed by atoms with E-state index in [4.69, 9.17) is 19.7 Å². The van der Waals surface area contributed by atoms with Gasteiger partial charge in [-0.2, -0.15) is 10.4 Å². The molecule has 0 amide bonds. The molecular weight excluding hydrogens is 479 g/mol. The molecule has 1 aliphatic heterocycles. The molecule has 2 aromatic rings. The Morgan fingerprint density at radius 3 is 2.80 bits per heavy atom. The summed E-state index contributed by atoms with van der Waals surface area (Å²) in [5.74, 6) is -0.148. The zero-order valence-corrected chi connectivity index (χ0v) is 20.6. The fourth-order valence-electron chi connectivity index (χ4n) is 3.73. The van der Waals surface area contributed by atoms with Gasteiger partial charge in [0.05, 0.1) is 12.3 Å². The highest BCUT2D eigenvalue weighted by molar-refractivity contribution is 7.36. The molecule has 0 saturated carbocycles. The first-order valence-corrected chi connectivity index (χ1v) is 12.4. The Morgan fingerprint density at radius 2 is 2.14 bits per heavy atom. The summed E-state index contributed by atoms with van der Waals surface area (Å²) >= 11 is 0. The van der Waals surface area contributed by atoms with Crippen LogP contribution in [0.1, 0.15) is 45.4 Å². The summed E-state index contributed by atoms with van der Waals surface area (Å²) in [7, 11) is -2.63. The number of aliphatic hydroxyl groups excluding tert-OH is 2. The van der Waals surface area contributed by atoms with Gasteiger partial charge in [0.25, 0.3) is 0 Å². The normalized spacial score (nSPS) is 25.5. The number of hydrogen-bond donors (Lipinski definition) is 4. The number of aromatic nitrogens is 3. The second kappa shape index (κ2) is 11.3. The first kappa shape index (κ1) is 26.9. The number of nitrogens with two attached hydrogens (primary N) is 1. The summed E-state index contributed by atoms with van der Waals surface area (Å²) < 4.78 is 30.0. The van der Waals surface area contributed by atoms with E-state index in [1.807, 2.05) is 19.9 Å². The lowest BCUT2D eigenvalue weighted by molar-refractivity contribution is -0.146. The molecule has 14 heteroatoms. The third kappa shape index (κ3) is 5.59. The van der Waals surface area contributed by atoms with Gasteiger partial charge < -0.3 is 25.4 Å². The number of nitrogens with zero attached hydrogens (tertiary/aromatic N) is 4. The van der Waals surface area contributed by atoms with Gasteiger partial charge in [0, 0.05) is 0 Å². The Labute approximate surface area is 203 Å².